The van der Waals surface area contributed by atoms with Gasteiger partial charge in [0.05, 0.1) is 23.8 Å². The molecule has 0 saturated carbocycles. The highest BCUT2D eigenvalue weighted by Crippen LogP contribution is 2.40. The van der Waals surface area contributed by atoms with Crippen LogP contribution in [0.5, 0.6) is 0 Å². The van der Waals surface area contributed by atoms with E-state index in [4.69, 9.17) is 4.74 Å². The molecule has 2 aliphatic rings. The van der Waals surface area contributed by atoms with Crippen molar-refractivity contribution in [3.05, 3.63) is 60.2 Å². The van der Waals surface area contributed by atoms with Crippen LogP contribution in [-0.4, -0.2) is 47.2 Å². The summed E-state index contributed by atoms with van der Waals surface area (Å²) in [6.07, 6.45) is 0. The summed E-state index contributed by atoms with van der Waals surface area (Å²) in [5, 5.41) is 1.25. The first-order chi connectivity index (χ1) is 15.0. The third-order valence-corrected chi connectivity index (χ3v) is 7.29. The van der Waals surface area contributed by atoms with E-state index in [2.05, 4.69) is 9.62 Å². The van der Waals surface area contributed by atoms with E-state index in [0.29, 0.717) is 41.8 Å². The van der Waals surface area contributed by atoms with Gasteiger partial charge < -0.3 is 14.5 Å². The molecule has 2 heterocycles. The van der Waals surface area contributed by atoms with Crippen molar-refractivity contribution in [1.82, 2.24) is 0 Å². The molecule has 0 atom stereocenters. The first-order valence-corrected chi connectivity index (χ1v) is 11.8. The standard InChI is InChI=1S/C23H23N3O4S/c1-2-26-20-10-11-21(18-4-3-5-19(22(18)20)23(26)27)31(28,29)24-16-6-8-17(9-7-16)25-12-14-30-15-13-25/h3-11,24H,2,12-15H2,1H3. The van der Waals surface area contributed by atoms with E-state index in [1.807, 2.05) is 19.1 Å². The second-order valence-corrected chi connectivity index (χ2v) is 9.26. The lowest BCUT2D eigenvalue weighted by molar-refractivity contribution is 0.0994. The number of benzene rings is 3. The molecule has 5 rings (SSSR count). The van der Waals surface area contributed by atoms with Gasteiger partial charge in [-0.1, -0.05) is 12.1 Å². The van der Waals surface area contributed by atoms with Gasteiger partial charge in [-0.2, -0.15) is 0 Å². The third-order valence-electron chi connectivity index (χ3n) is 5.85. The van der Waals surface area contributed by atoms with Crippen molar-refractivity contribution < 1.29 is 17.9 Å². The van der Waals surface area contributed by atoms with Crippen LogP contribution >= 0.6 is 0 Å². The molecule has 0 unspecified atom stereocenters. The minimum Gasteiger partial charge on any atom is -0.378 e. The van der Waals surface area contributed by atoms with Gasteiger partial charge in [-0.3, -0.25) is 9.52 Å². The maximum atomic E-state index is 13.2. The molecule has 1 saturated heterocycles. The molecule has 0 spiro atoms. The Balaban J connectivity index is 1.48. The van der Waals surface area contributed by atoms with Gasteiger partial charge in [0.2, 0.25) is 0 Å². The van der Waals surface area contributed by atoms with Gasteiger partial charge in [0.15, 0.2) is 0 Å². The largest absolute Gasteiger partial charge is 0.378 e. The van der Waals surface area contributed by atoms with Crippen molar-refractivity contribution in [3.63, 3.8) is 0 Å². The first-order valence-electron chi connectivity index (χ1n) is 10.3. The summed E-state index contributed by atoms with van der Waals surface area (Å²) < 4.78 is 34.5. The third kappa shape index (κ3) is 3.32. The monoisotopic (exact) mass is 437 g/mol. The molecular weight excluding hydrogens is 414 g/mol. The number of hydrogen-bond donors (Lipinski definition) is 1. The molecule has 0 aromatic heterocycles. The van der Waals surface area contributed by atoms with Crippen molar-refractivity contribution in [2.75, 3.05) is 47.4 Å². The van der Waals surface area contributed by atoms with E-state index < -0.39 is 10.0 Å². The lowest BCUT2D eigenvalue weighted by Gasteiger charge is -2.28. The zero-order valence-electron chi connectivity index (χ0n) is 17.2. The molecule has 0 radical (unpaired) electrons. The predicted octanol–water partition coefficient (Wildman–Crippen LogP) is 3.46. The van der Waals surface area contributed by atoms with Crippen LogP contribution < -0.4 is 14.5 Å². The Morgan fingerprint density at radius 1 is 1.00 bits per heavy atom. The predicted molar refractivity (Wildman–Crippen MR) is 122 cm³/mol. The van der Waals surface area contributed by atoms with Gasteiger partial charge in [-0.05, 0) is 49.4 Å². The molecule has 3 aromatic rings. The summed E-state index contributed by atoms with van der Waals surface area (Å²) in [6, 6.07) is 15.9. The summed E-state index contributed by atoms with van der Waals surface area (Å²) in [4.78, 5) is 16.7. The van der Waals surface area contributed by atoms with Gasteiger partial charge in [0.1, 0.15) is 0 Å². The number of ether oxygens (including phenoxy) is 1. The van der Waals surface area contributed by atoms with Gasteiger partial charge in [-0.15, -0.1) is 0 Å². The molecule has 3 aromatic carbocycles. The van der Waals surface area contributed by atoms with Gasteiger partial charge in [0.25, 0.3) is 15.9 Å². The van der Waals surface area contributed by atoms with Crippen LogP contribution in [0.15, 0.2) is 59.5 Å². The highest BCUT2D eigenvalue weighted by molar-refractivity contribution is 7.93. The van der Waals surface area contributed by atoms with Gasteiger partial charge in [0, 0.05) is 47.3 Å². The van der Waals surface area contributed by atoms with Crippen molar-refractivity contribution in [2.45, 2.75) is 11.8 Å². The molecule has 8 heteroatoms. The van der Waals surface area contributed by atoms with E-state index >= 15 is 0 Å². The van der Waals surface area contributed by atoms with Crippen LogP contribution in [0.2, 0.25) is 0 Å². The second-order valence-electron chi connectivity index (χ2n) is 7.61. The Morgan fingerprint density at radius 3 is 2.45 bits per heavy atom. The van der Waals surface area contributed by atoms with Crippen LogP contribution in [0.4, 0.5) is 17.1 Å². The molecule has 0 aliphatic carbocycles. The number of sulfonamides is 1. The van der Waals surface area contributed by atoms with Crippen LogP contribution in [0, 0.1) is 0 Å². The van der Waals surface area contributed by atoms with Crippen molar-refractivity contribution >= 4 is 43.8 Å². The molecule has 0 bridgehead atoms. The Bertz CT molecular complexity index is 1270. The number of nitrogens with zero attached hydrogens (tertiary/aromatic N) is 2. The van der Waals surface area contributed by atoms with Gasteiger partial charge in [-0.25, -0.2) is 8.42 Å². The maximum Gasteiger partial charge on any atom is 0.262 e. The second kappa shape index (κ2) is 7.55. The molecule has 7 nitrogen and oxygen atoms in total. The van der Waals surface area contributed by atoms with Crippen LogP contribution in [-0.2, 0) is 14.8 Å². The Kier molecular flexibility index (Phi) is 4.83. The molecule has 1 fully saturated rings. The van der Waals surface area contributed by atoms with E-state index in [0.717, 1.165) is 24.5 Å². The number of morpholine rings is 1. The molecule has 1 amide bonds. The maximum absolute atomic E-state index is 13.2. The van der Waals surface area contributed by atoms with E-state index in [1.165, 1.54) is 0 Å². The lowest BCUT2D eigenvalue weighted by atomic mass is 10.1. The number of nitrogens with one attached hydrogen (secondary N) is 1. The number of amides is 1. The summed E-state index contributed by atoms with van der Waals surface area (Å²) in [5.41, 5.74) is 2.83. The minimum absolute atomic E-state index is 0.0932. The fourth-order valence-electron chi connectivity index (χ4n) is 4.34. The van der Waals surface area contributed by atoms with Crippen molar-refractivity contribution in [3.8, 4) is 0 Å². The van der Waals surface area contributed by atoms with Crippen LogP contribution in [0.3, 0.4) is 0 Å². The Labute approximate surface area is 181 Å². The number of anilines is 3. The quantitative estimate of drug-likeness (QED) is 0.661. The molecular formula is C23H23N3O4S. The summed E-state index contributed by atoms with van der Waals surface area (Å²) >= 11 is 0. The van der Waals surface area contributed by atoms with E-state index in [9.17, 15) is 13.2 Å². The zero-order chi connectivity index (χ0) is 21.6. The number of carbonyl (C=O) groups excluding carboxylic acids is 1. The summed E-state index contributed by atoms with van der Waals surface area (Å²) in [6.45, 7) is 5.46. The fourth-order valence-corrected chi connectivity index (χ4v) is 5.60. The SMILES string of the molecule is CCN1C(=O)c2cccc3c(S(=O)(=O)Nc4ccc(N5CCOCC5)cc4)ccc1c23. The number of rotatable bonds is 5. The van der Waals surface area contributed by atoms with E-state index in [-0.39, 0.29) is 10.8 Å². The highest BCUT2D eigenvalue weighted by atomic mass is 32.2. The average molecular weight is 438 g/mol. The Morgan fingerprint density at radius 2 is 1.74 bits per heavy atom. The van der Waals surface area contributed by atoms with E-state index in [1.54, 1.807) is 47.4 Å². The van der Waals surface area contributed by atoms with Crippen molar-refractivity contribution in [1.29, 1.82) is 0 Å². The average Bonchev–Trinajstić information content (AvgIpc) is 3.07. The lowest BCUT2D eigenvalue weighted by Crippen LogP contribution is -2.36. The Hall–Kier alpha value is -3.10. The van der Waals surface area contributed by atoms with Gasteiger partial charge >= 0.3 is 0 Å². The molecule has 1 N–H and O–H groups in total. The van der Waals surface area contributed by atoms with Crippen LogP contribution in [0.1, 0.15) is 17.3 Å². The first kappa shape index (κ1) is 19.8. The van der Waals surface area contributed by atoms with Crippen LogP contribution in [0.25, 0.3) is 10.8 Å². The topological polar surface area (TPSA) is 79.0 Å². The number of carbonyl (C=O) groups is 1. The summed E-state index contributed by atoms with van der Waals surface area (Å²) in [7, 11) is -3.84. The molecule has 31 heavy (non-hydrogen) atoms. The zero-order valence-corrected chi connectivity index (χ0v) is 18.0. The highest BCUT2D eigenvalue weighted by Gasteiger charge is 2.31. The molecule has 2 aliphatic heterocycles. The normalized spacial score (nSPS) is 16.2. The fraction of sp³-hybridized carbons (Fsp3) is 0.261. The van der Waals surface area contributed by atoms with Crippen molar-refractivity contribution in [2.24, 2.45) is 0 Å². The summed E-state index contributed by atoms with van der Waals surface area (Å²) in [5.74, 6) is -0.0932. The number of hydrogen-bond acceptors (Lipinski definition) is 5. The minimum atomic E-state index is -3.84. The smallest absolute Gasteiger partial charge is 0.262 e. The molecule has 160 valence electrons.